The average molecular weight is 391 g/mol. The smallest absolute Gasteiger partial charge is 0.321 e. The Labute approximate surface area is 169 Å². The molecule has 0 saturated carbocycles. The zero-order valence-electron chi connectivity index (χ0n) is 19.3. The normalized spacial score (nSPS) is 19.6. The summed E-state index contributed by atoms with van der Waals surface area (Å²) in [5.74, 6) is 3.45. The van der Waals surface area contributed by atoms with Crippen molar-refractivity contribution >= 4 is 14.0 Å². The number of ether oxygens (including phenoxy) is 1. The lowest BCUT2D eigenvalue weighted by atomic mass is 9.98. The van der Waals surface area contributed by atoms with Gasteiger partial charge in [0, 0.05) is 5.57 Å². The van der Waals surface area contributed by atoms with Crippen LogP contribution in [0.15, 0.2) is 11.1 Å². The van der Waals surface area contributed by atoms with Crippen molar-refractivity contribution in [3.8, 4) is 11.5 Å². The maximum atomic E-state index is 12.6. The first-order valence-electron chi connectivity index (χ1n) is 11.0. The Morgan fingerprint density at radius 2 is 1.56 bits per heavy atom. The molecule has 3 heteroatoms. The minimum absolute atomic E-state index is 0.106. The van der Waals surface area contributed by atoms with Gasteiger partial charge in [-0.2, -0.15) is 0 Å². The van der Waals surface area contributed by atoms with Crippen LogP contribution in [0.1, 0.15) is 94.4 Å². The molecule has 0 saturated heterocycles. The average Bonchev–Trinajstić information content (AvgIpc) is 3.16. The molecule has 2 nitrogen and oxygen atoms in total. The van der Waals surface area contributed by atoms with Crippen molar-refractivity contribution in [2.75, 3.05) is 6.61 Å². The van der Waals surface area contributed by atoms with Crippen molar-refractivity contribution in [1.29, 1.82) is 0 Å². The van der Waals surface area contributed by atoms with Gasteiger partial charge in [-0.15, -0.1) is 5.54 Å². The second-order valence-corrected chi connectivity index (χ2v) is 14.7. The summed E-state index contributed by atoms with van der Waals surface area (Å²) in [5.41, 5.74) is 7.36. The third-order valence-electron chi connectivity index (χ3n) is 6.58. The van der Waals surface area contributed by atoms with E-state index >= 15 is 0 Å². The molecule has 0 amide bonds. The van der Waals surface area contributed by atoms with E-state index in [0.29, 0.717) is 23.2 Å². The highest BCUT2D eigenvalue weighted by Gasteiger charge is 2.55. The number of rotatable bonds is 10. The molecule has 0 N–H and O–H groups in total. The van der Waals surface area contributed by atoms with Gasteiger partial charge < -0.3 is 4.74 Å². The van der Waals surface area contributed by atoms with Crippen LogP contribution < -0.4 is 0 Å². The second-order valence-electron chi connectivity index (χ2n) is 9.16. The molecule has 1 aliphatic carbocycles. The number of hydrogen-bond acceptors (Lipinski definition) is 2. The Morgan fingerprint density at radius 3 is 2.00 bits per heavy atom. The Balaban J connectivity index is 3.19. The first-order chi connectivity index (χ1) is 12.6. The van der Waals surface area contributed by atoms with Crippen molar-refractivity contribution < 1.29 is 9.53 Å². The molecule has 0 bridgehead atoms. The van der Waals surface area contributed by atoms with Gasteiger partial charge in [0.05, 0.1) is 6.61 Å². The van der Waals surface area contributed by atoms with Gasteiger partial charge in [-0.3, -0.25) is 4.79 Å². The lowest BCUT2D eigenvalue weighted by Crippen LogP contribution is -2.43. The van der Waals surface area contributed by atoms with Gasteiger partial charge in [0.1, 0.15) is 13.5 Å². The molecule has 0 spiro atoms. The van der Waals surface area contributed by atoms with E-state index < -0.39 is 13.5 Å². The summed E-state index contributed by atoms with van der Waals surface area (Å²) in [6, 6.07) is 0. The largest absolute Gasteiger partial charge is 0.465 e. The van der Waals surface area contributed by atoms with Crippen molar-refractivity contribution in [2.45, 2.75) is 111 Å². The van der Waals surface area contributed by atoms with Crippen molar-refractivity contribution in [1.82, 2.24) is 0 Å². The minimum atomic E-state index is -1.79. The summed E-state index contributed by atoms with van der Waals surface area (Å²) in [6.07, 6.45) is 5.84. The van der Waals surface area contributed by atoms with Crippen LogP contribution in [0.5, 0.6) is 0 Å². The maximum Gasteiger partial charge on any atom is 0.321 e. The van der Waals surface area contributed by atoms with Crippen LogP contribution in [-0.2, 0) is 9.53 Å². The Hall–Kier alpha value is -1.01. The number of esters is 1. The van der Waals surface area contributed by atoms with Crippen molar-refractivity contribution in [2.24, 2.45) is 5.41 Å². The third kappa shape index (κ3) is 4.89. The van der Waals surface area contributed by atoms with Crippen LogP contribution in [0, 0.1) is 16.9 Å². The number of carbonyl (C=O) groups is 1. The minimum Gasteiger partial charge on any atom is -0.465 e. The molecule has 154 valence electrons. The molecule has 1 unspecified atom stereocenters. The van der Waals surface area contributed by atoms with E-state index in [4.69, 9.17) is 4.74 Å². The standard InChI is InChI=1S/C24H42O2Si/c1-10-12-13-14-15-21-22(24(21,9)23(25)26-11-2)16-17-27(18(3)4,19(5)6)20(7)8/h18-20H,10-15H2,1-9H3. The fraction of sp³-hybridized carbons (Fsp3) is 0.792. The lowest BCUT2D eigenvalue weighted by Gasteiger charge is -2.38. The van der Waals surface area contributed by atoms with Gasteiger partial charge in [0.15, 0.2) is 0 Å². The van der Waals surface area contributed by atoms with Crippen LogP contribution in [-0.4, -0.2) is 20.7 Å². The lowest BCUT2D eigenvalue weighted by molar-refractivity contribution is -0.148. The molecule has 0 fully saturated rings. The first kappa shape index (κ1) is 24.0. The quantitative estimate of drug-likeness (QED) is 0.173. The third-order valence-corrected chi connectivity index (χ3v) is 12.9. The van der Waals surface area contributed by atoms with Gasteiger partial charge in [-0.25, -0.2) is 0 Å². The van der Waals surface area contributed by atoms with E-state index in [2.05, 4.69) is 59.9 Å². The predicted molar refractivity (Wildman–Crippen MR) is 119 cm³/mol. The fourth-order valence-electron chi connectivity index (χ4n) is 4.85. The topological polar surface area (TPSA) is 26.3 Å². The first-order valence-corrected chi connectivity index (χ1v) is 13.3. The summed E-state index contributed by atoms with van der Waals surface area (Å²) in [4.78, 5) is 12.6. The van der Waals surface area contributed by atoms with Crippen molar-refractivity contribution in [3.63, 3.8) is 0 Å². The monoisotopic (exact) mass is 390 g/mol. The van der Waals surface area contributed by atoms with Gasteiger partial charge in [0.2, 0.25) is 0 Å². The van der Waals surface area contributed by atoms with Gasteiger partial charge in [0.25, 0.3) is 0 Å². The highest BCUT2D eigenvalue weighted by Crippen LogP contribution is 2.55. The molecule has 0 aliphatic heterocycles. The number of carbonyl (C=O) groups excluding carboxylic acids is 1. The van der Waals surface area contributed by atoms with E-state index in [1.807, 2.05) is 13.8 Å². The Morgan fingerprint density at radius 1 is 1.00 bits per heavy atom. The zero-order valence-corrected chi connectivity index (χ0v) is 20.3. The highest BCUT2D eigenvalue weighted by atomic mass is 28.3. The van der Waals surface area contributed by atoms with Crippen LogP contribution in [0.4, 0.5) is 0 Å². The molecule has 0 aromatic rings. The summed E-state index contributed by atoms with van der Waals surface area (Å²) in [7, 11) is -1.79. The summed E-state index contributed by atoms with van der Waals surface area (Å²) >= 11 is 0. The fourth-order valence-corrected chi connectivity index (χ4v) is 10.1. The van der Waals surface area contributed by atoms with Crippen LogP contribution in [0.2, 0.25) is 16.6 Å². The summed E-state index contributed by atoms with van der Waals surface area (Å²) < 4.78 is 5.39. The Kier molecular flexibility index (Phi) is 8.87. The molecular weight excluding hydrogens is 348 g/mol. The molecule has 0 aromatic heterocycles. The van der Waals surface area contributed by atoms with E-state index in [9.17, 15) is 4.79 Å². The number of hydrogen-bond donors (Lipinski definition) is 0. The number of unbranched alkanes of at least 4 members (excludes halogenated alkanes) is 3. The summed E-state index contributed by atoms with van der Waals surface area (Å²) in [6.45, 7) is 20.5. The van der Waals surface area contributed by atoms with Gasteiger partial charge in [-0.1, -0.05) is 73.6 Å². The predicted octanol–water partition coefficient (Wildman–Crippen LogP) is 7.06. The van der Waals surface area contributed by atoms with E-state index in [-0.39, 0.29) is 5.97 Å². The molecule has 27 heavy (non-hydrogen) atoms. The van der Waals surface area contributed by atoms with Crippen molar-refractivity contribution in [3.05, 3.63) is 11.1 Å². The van der Waals surface area contributed by atoms with Gasteiger partial charge in [-0.05, 0) is 48.9 Å². The zero-order chi connectivity index (χ0) is 20.8. The SMILES string of the molecule is CCCCCCC1=C(C#C[Si](C(C)C)(C(C)C)C(C)C)C1(C)C(=O)OCC. The van der Waals surface area contributed by atoms with Crippen LogP contribution in [0.25, 0.3) is 0 Å². The van der Waals surface area contributed by atoms with E-state index in [1.54, 1.807) is 0 Å². The maximum absolute atomic E-state index is 12.6. The van der Waals surface area contributed by atoms with E-state index in [0.717, 1.165) is 18.4 Å². The molecule has 1 aliphatic rings. The van der Waals surface area contributed by atoms with Crippen LogP contribution in [0.3, 0.4) is 0 Å². The van der Waals surface area contributed by atoms with Gasteiger partial charge >= 0.3 is 5.97 Å². The molecule has 0 radical (unpaired) electrons. The molecule has 0 aromatic carbocycles. The molecule has 0 heterocycles. The van der Waals surface area contributed by atoms with Crippen LogP contribution >= 0.6 is 0 Å². The Bertz CT molecular complexity index is 582. The second kappa shape index (κ2) is 9.96. The van der Waals surface area contributed by atoms with E-state index in [1.165, 1.54) is 24.8 Å². The highest BCUT2D eigenvalue weighted by molar-refractivity contribution is 6.90. The molecular formula is C24H42O2Si. The molecule has 1 atom stereocenters. The summed E-state index contributed by atoms with van der Waals surface area (Å²) in [5, 5.41) is 0. The molecule has 1 rings (SSSR count).